The van der Waals surface area contributed by atoms with E-state index in [1.807, 2.05) is 0 Å². The highest BCUT2D eigenvalue weighted by Gasteiger charge is 2.35. The molecule has 1 fully saturated rings. The lowest BCUT2D eigenvalue weighted by Crippen LogP contribution is -2.30. The molecule has 1 amide bonds. The molecule has 1 aliphatic rings. The van der Waals surface area contributed by atoms with E-state index in [1.54, 1.807) is 11.4 Å². The number of piperidine rings is 1. The molecule has 0 unspecified atom stereocenters. The summed E-state index contributed by atoms with van der Waals surface area (Å²) in [7, 11) is 0. The molecule has 176 valence electrons. The zero-order valence-corrected chi connectivity index (χ0v) is 19.6. The van der Waals surface area contributed by atoms with E-state index < -0.39 is 11.7 Å². The van der Waals surface area contributed by atoms with Crippen molar-refractivity contribution in [3.8, 4) is 5.69 Å². The Kier molecular flexibility index (Phi) is 7.35. The summed E-state index contributed by atoms with van der Waals surface area (Å²) >= 11 is 2.56. The van der Waals surface area contributed by atoms with Crippen LogP contribution in [0.25, 0.3) is 5.69 Å². The predicted molar refractivity (Wildman–Crippen MR) is 121 cm³/mol. The number of aromatic nitrogens is 4. The van der Waals surface area contributed by atoms with Crippen molar-refractivity contribution >= 4 is 34.1 Å². The summed E-state index contributed by atoms with van der Waals surface area (Å²) in [5.74, 6) is 0.647. The molecule has 0 spiro atoms. The van der Waals surface area contributed by atoms with Crippen molar-refractivity contribution < 1.29 is 18.0 Å². The molecular formula is C21H23F3N6OS2. The minimum atomic E-state index is -4.51. The van der Waals surface area contributed by atoms with Crippen molar-refractivity contribution in [1.29, 1.82) is 0 Å². The van der Waals surface area contributed by atoms with E-state index in [4.69, 9.17) is 0 Å². The molecule has 4 rings (SSSR count). The van der Waals surface area contributed by atoms with Crippen LogP contribution in [0, 0.1) is 0 Å². The monoisotopic (exact) mass is 496 g/mol. The Labute approximate surface area is 197 Å². The third-order valence-corrected chi connectivity index (χ3v) is 6.92. The predicted octanol–water partition coefficient (Wildman–Crippen LogP) is 4.98. The highest BCUT2D eigenvalue weighted by molar-refractivity contribution is 7.98. The molecule has 0 bridgehead atoms. The number of benzene rings is 1. The van der Waals surface area contributed by atoms with Crippen molar-refractivity contribution in [2.75, 3.05) is 18.4 Å². The Hall–Kier alpha value is -2.44. The number of thioether (sulfide) groups is 1. The van der Waals surface area contributed by atoms with Crippen LogP contribution >= 0.6 is 23.1 Å². The maximum absolute atomic E-state index is 13.8. The first-order valence-corrected chi connectivity index (χ1v) is 12.4. The second kappa shape index (κ2) is 10.2. The van der Waals surface area contributed by atoms with Gasteiger partial charge < -0.3 is 5.32 Å². The number of para-hydroxylation sites is 1. The number of nitrogens with zero attached hydrogens (tertiary/aromatic N) is 5. The fraction of sp³-hybridized carbons (Fsp3) is 0.429. The van der Waals surface area contributed by atoms with Gasteiger partial charge in [-0.3, -0.25) is 14.3 Å². The van der Waals surface area contributed by atoms with Gasteiger partial charge in [0.2, 0.25) is 5.91 Å². The third-order valence-electron chi connectivity index (χ3n) is 5.15. The Morgan fingerprint density at radius 1 is 1.18 bits per heavy atom. The molecule has 33 heavy (non-hydrogen) atoms. The molecule has 1 N–H and O–H groups in total. The first-order valence-electron chi connectivity index (χ1n) is 10.5. The van der Waals surface area contributed by atoms with Gasteiger partial charge in [0.25, 0.3) is 0 Å². The maximum atomic E-state index is 13.8. The van der Waals surface area contributed by atoms with Crippen LogP contribution < -0.4 is 5.32 Å². The highest BCUT2D eigenvalue weighted by atomic mass is 32.2. The number of hydrogen-bond donors (Lipinski definition) is 1. The summed E-state index contributed by atoms with van der Waals surface area (Å²) in [5, 5.41) is 13.8. The van der Waals surface area contributed by atoms with Crippen molar-refractivity contribution in [1.82, 2.24) is 24.6 Å². The summed E-state index contributed by atoms with van der Waals surface area (Å²) in [6.07, 6.45) is -1.21. The van der Waals surface area contributed by atoms with Gasteiger partial charge in [-0.05, 0) is 38.1 Å². The Balaban J connectivity index is 1.64. The molecule has 0 radical (unpaired) electrons. The minimum absolute atomic E-state index is 0.0155. The van der Waals surface area contributed by atoms with Crippen LogP contribution in [0.1, 0.15) is 43.3 Å². The molecule has 0 saturated carbocycles. The topological polar surface area (TPSA) is 75.9 Å². The van der Waals surface area contributed by atoms with E-state index in [0.29, 0.717) is 34.1 Å². The van der Waals surface area contributed by atoms with Gasteiger partial charge in [0.05, 0.1) is 23.5 Å². The lowest BCUT2D eigenvalue weighted by atomic mass is 10.1. The van der Waals surface area contributed by atoms with E-state index in [-0.39, 0.29) is 11.6 Å². The average Bonchev–Trinajstić information content (AvgIpc) is 3.38. The van der Waals surface area contributed by atoms with E-state index >= 15 is 0 Å². The van der Waals surface area contributed by atoms with Crippen LogP contribution in [0.15, 0.2) is 34.8 Å². The molecule has 1 aromatic carbocycles. The minimum Gasteiger partial charge on any atom is -0.302 e. The van der Waals surface area contributed by atoms with Crippen molar-refractivity contribution in [3.63, 3.8) is 0 Å². The van der Waals surface area contributed by atoms with Crippen LogP contribution in [-0.4, -0.2) is 43.6 Å². The second-order valence-electron chi connectivity index (χ2n) is 7.70. The Morgan fingerprint density at radius 2 is 1.94 bits per heavy atom. The first kappa shape index (κ1) is 23.7. The Morgan fingerprint density at radius 3 is 2.67 bits per heavy atom. The zero-order chi connectivity index (χ0) is 23.4. The van der Waals surface area contributed by atoms with Gasteiger partial charge in [0.15, 0.2) is 16.1 Å². The summed E-state index contributed by atoms with van der Waals surface area (Å²) in [6.45, 7) is 3.62. The SMILES string of the molecule is CC(=O)Nc1nc(CSc2nnc(CN3CCCCC3)n2-c2ccccc2C(F)(F)F)cs1. The molecular weight excluding hydrogens is 473 g/mol. The van der Waals surface area contributed by atoms with E-state index in [1.165, 1.54) is 46.7 Å². The molecule has 0 aliphatic carbocycles. The van der Waals surface area contributed by atoms with E-state index in [2.05, 4.69) is 25.4 Å². The second-order valence-corrected chi connectivity index (χ2v) is 9.50. The van der Waals surface area contributed by atoms with Gasteiger partial charge in [-0.25, -0.2) is 4.98 Å². The van der Waals surface area contributed by atoms with E-state index in [9.17, 15) is 18.0 Å². The molecule has 3 heterocycles. The molecule has 2 aromatic heterocycles. The average molecular weight is 497 g/mol. The quantitative estimate of drug-likeness (QED) is 0.465. The number of rotatable bonds is 7. The lowest BCUT2D eigenvalue weighted by Gasteiger charge is -2.26. The fourth-order valence-corrected chi connectivity index (χ4v) is 5.40. The van der Waals surface area contributed by atoms with Crippen LogP contribution in [0.2, 0.25) is 0 Å². The Bertz CT molecular complexity index is 1110. The molecule has 1 aliphatic heterocycles. The number of alkyl halides is 3. The molecule has 0 atom stereocenters. The smallest absolute Gasteiger partial charge is 0.302 e. The standard InChI is InChI=1S/C21H23F3N6OS2/c1-14(31)25-19-26-15(12-32-19)13-33-20-28-27-18(11-29-9-5-2-6-10-29)30(20)17-8-4-3-7-16(17)21(22,23)24/h3-4,7-8,12H,2,5-6,9-11,13H2,1H3,(H,25,26,31). The summed E-state index contributed by atoms with van der Waals surface area (Å²) in [4.78, 5) is 17.8. The number of carbonyl (C=O) groups is 1. The van der Waals surface area contributed by atoms with E-state index in [0.717, 1.165) is 38.4 Å². The fourth-order valence-electron chi connectivity index (χ4n) is 3.68. The highest BCUT2D eigenvalue weighted by Crippen LogP contribution is 2.36. The van der Waals surface area contributed by atoms with Gasteiger partial charge in [-0.1, -0.05) is 30.3 Å². The van der Waals surface area contributed by atoms with Crippen LogP contribution in [0.4, 0.5) is 18.3 Å². The summed E-state index contributed by atoms with van der Waals surface area (Å²) in [5.41, 5.74) is -0.0140. The molecule has 7 nitrogen and oxygen atoms in total. The van der Waals surface area contributed by atoms with Gasteiger partial charge in [0, 0.05) is 18.1 Å². The summed E-state index contributed by atoms with van der Waals surface area (Å²) < 4.78 is 42.9. The number of anilines is 1. The van der Waals surface area contributed by atoms with Crippen molar-refractivity contribution in [2.24, 2.45) is 0 Å². The van der Waals surface area contributed by atoms with Gasteiger partial charge >= 0.3 is 6.18 Å². The maximum Gasteiger partial charge on any atom is 0.418 e. The summed E-state index contributed by atoms with van der Waals surface area (Å²) in [6, 6.07) is 5.50. The number of carbonyl (C=O) groups excluding carboxylic acids is 1. The van der Waals surface area contributed by atoms with Gasteiger partial charge in [-0.15, -0.1) is 21.5 Å². The number of likely N-dealkylation sites (tertiary alicyclic amines) is 1. The van der Waals surface area contributed by atoms with Crippen molar-refractivity contribution in [2.45, 2.75) is 49.8 Å². The van der Waals surface area contributed by atoms with Gasteiger partial charge in [-0.2, -0.15) is 13.2 Å². The largest absolute Gasteiger partial charge is 0.418 e. The van der Waals surface area contributed by atoms with Crippen LogP contribution in [0.3, 0.4) is 0 Å². The van der Waals surface area contributed by atoms with Gasteiger partial charge in [0.1, 0.15) is 0 Å². The molecule has 12 heteroatoms. The molecule has 3 aromatic rings. The molecule has 1 saturated heterocycles. The number of halogens is 3. The van der Waals surface area contributed by atoms with Crippen molar-refractivity contribution in [3.05, 3.63) is 46.7 Å². The zero-order valence-electron chi connectivity index (χ0n) is 17.9. The normalized spacial score (nSPS) is 15.0. The lowest BCUT2D eigenvalue weighted by molar-refractivity contribution is -0.137. The number of nitrogens with one attached hydrogen (secondary N) is 1. The number of amides is 1. The first-order chi connectivity index (χ1) is 15.8. The number of thiazole rings is 1. The van der Waals surface area contributed by atoms with Crippen LogP contribution in [0.5, 0.6) is 0 Å². The number of hydrogen-bond acceptors (Lipinski definition) is 7. The van der Waals surface area contributed by atoms with Crippen LogP contribution in [-0.2, 0) is 23.3 Å². The third kappa shape index (κ3) is 5.92.